The average Bonchev–Trinajstić information content (AvgIpc) is 3.11. The summed E-state index contributed by atoms with van der Waals surface area (Å²) in [5.74, 6) is 2.27. The summed E-state index contributed by atoms with van der Waals surface area (Å²) in [4.78, 5) is 19.2. The number of amides is 1. The Morgan fingerprint density at radius 2 is 0.783 bits per heavy atom. The predicted octanol–water partition coefficient (Wildman–Crippen LogP) is 10.6. The lowest BCUT2D eigenvalue weighted by molar-refractivity contribution is -0.130. The molecule has 0 spiro atoms. The van der Waals surface area contributed by atoms with Gasteiger partial charge in [-0.15, -0.1) is 0 Å². The van der Waals surface area contributed by atoms with E-state index in [0.717, 1.165) is 54.5 Å². The zero-order valence-corrected chi connectivity index (χ0v) is 30.8. The summed E-state index contributed by atoms with van der Waals surface area (Å²) in [5, 5.41) is 3.46. The molecule has 4 nitrogen and oxygen atoms in total. The number of nitrogens with zero attached hydrogens (tertiary/aromatic N) is 2. The summed E-state index contributed by atoms with van der Waals surface area (Å²) in [6.45, 7) is 6.34. The third-order valence-electron chi connectivity index (χ3n) is 14.9. The van der Waals surface area contributed by atoms with Crippen LogP contribution in [0.25, 0.3) is 0 Å². The van der Waals surface area contributed by atoms with Crippen LogP contribution in [-0.2, 0) is 4.79 Å². The van der Waals surface area contributed by atoms with Gasteiger partial charge in [0.25, 0.3) is 0 Å². The van der Waals surface area contributed by atoms with Crippen LogP contribution in [0.15, 0.2) is 0 Å². The van der Waals surface area contributed by atoms with E-state index in [4.69, 9.17) is 0 Å². The molecule has 0 aliphatic heterocycles. The van der Waals surface area contributed by atoms with Crippen molar-refractivity contribution in [3.63, 3.8) is 0 Å². The first kappa shape index (κ1) is 35.2. The molecule has 1 N–H and O–H groups in total. The van der Waals surface area contributed by atoms with Crippen LogP contribution < -0.4 is 5.32 Å². The molecule has 0 aromatic carbocycles. The highest BCUT2D eigenvalue weighted by molar-refractivity contribution is 5.82. The van der Waals surface area contributed by atoms with E-state index in [1.54, 1.807) is 0 Å². The van der Waals surface area contributed by atoms with Crippen molar-refractivity contribution < 1.29 is 4.79 Å². The molecule has 0 saturated heterocycles. The molecule has 0 radical (unpaired) electrons. The molecule has 0 unspecified atom stereocenters. The average molecular weight is 638 g/mol. The predicted molar refractivity (Wildman–Crippen MR) is 194 cm³/mol. The number of hydrogen-bond donors (Lipinski definition) is 1. The van der Waals surface area contributed by atoms with E-state index in [2.05, 4.69) is 35.9 Å². The summed E-state index contributed by atoms with van der Waals surface area (Å²) in [6, 6.07) is 5.50. The lowest BCUT2D eigenvalue weighted by Crippen LogP contribution is -2.54. The van der Waals surface area contributed by atoms with Gasteiger partial charge in [-0.3, -0.25) is 14.6 Å². The van der Waals surface area contributed by atoms with Crippen molar-refractivity contribution in [1.29, 1.82) is 0 Å². The van der Waals surface area contributed by atoms with Gasteiger partial charge in [0.1, 0.15) is 0 Å². The topological polar surface area (TPSA) is 35.6 Å². The van der Waals surface area contributed by atoms with Gasteiger partial charge in [0, 0.05) is 47.7 Å². The van der Waals surface area contributed by atoms with E-state index in [1.165, 1.54) is 173 Å². The molecule has 264 valence electrons. The normalized spacial score (nSPS) is 35.0. The first-order valence-corrected chi connectivity index (χ1v) is 21.3. The van der Waals surface area contributed by atoms with E-state index in [-0.39, 0.29) is 11.3 Å². The molecule has 6 rings (SSSR count). The summed E-state index contributed by atoms with van der Waals surface area (Å²) < 4.78 is 0. The molecule has 0 aromatic heterocycles. The first-order chi connectivity index (χ1) is 22.4. The number of carbonyl (C=O) groups excluding carboxylic acids is 1. The molecule has 46 heavy (non-hydrogen) atoms. The van der Waals surface area contributed by atoms with E-state index >= 15 is 0 Å². The highest BCUT2D eigenvalue weighted by Crippen LogP contribution is 2.44. The van der Waals surface area contributed by atoms with Crippen LogP contribution in [0.1, 0.15) is 201 Å². The molecular formula is C42H75N3O. The van der Waals surface area contributed by atoms with E-state index in [1.807, 2.05) is 0 Å². The van der Waals surface area contributed by atoms with Crippen LogP contribution in [-0.4, -0.2) is 58.0 Å². The molecule has 0 atom stereocenters. The Hall–Kier alpha value is -0.610. The highest BCUT2D eigenvalue weighted by Gasteiger charge is 2.41. The molecular weight excluding hydrogens is 562 g/mol. The zero-order valence-electron chi connectivity index (χ0n) is 30.8. The van der Waals surface area contributed by atoms with E-state index in [9.17, 15) is 4.79 Å². The smallest absolute Gasteiger partial charge is 0.225 e. The Morgan fingerprint density at radius 1 is 0.478 bits per heavy atom. The molecule has 6 fully saturated rings. The summed E-state index contributed by atoms with van der Waals surface area (Å²) >= 11 is 0. The number of rotatable bonds is 10. The van der Waals surface area contributed by atoms with Crippen molar-refractivity contribution in [2.45, 2.75) is 243 Å². The maximum Gasteiger partial charge on any atom is 0.225 e. The molecule has 4 heteroatoms. The highest BCUT2D eigenvalue weighted by atomic mass is 16.2. The lowest BCUT2D eigenvalue weighted by Gasteiger charge is -2.51. The largest absolute Gasteiger partial charge is 0.353 e. The van der Waals surface area contributed by atoms with Crippen molar-refractivity contribution in [3.05, 3.63) is 0 Å². The monoisotopic (exact) mass is 638 g/mol. The maximum absolute atomic E-state index is 12.9. The van der Waals surface area contributed by atoms with Gasteiger partial charge in [0.15, 0.2) is 0 Å². The van der Waals surface area contributed by atoms with Gasteiger partial charge in [-0.1, -0.05) is 78.6 Å². The summed E-state index contributed by atoms with van der Waals surface area (Å²) in [6.07, 6.45) is 39.9. The van der Waals surface area contributed by atoms with Crippen molar-refractivity contribution >= 4 is 5.91 Å². The van der Waals surface area contributed by atoms with Crippen molar-refractivity contribution in [3.8, 4) is 0 Å². The van der Waals surface area contributed by atoms with Gasteiger partial charge in [0.2, 0.25) is 5.91 Å². The van der Waals surface area contributed by atoms with Gasteiger partial charge in [-0.05, 0) is 134 Å². The fraction of sp³-hybridized carbons (Fsp3) is 0.976. The first-order valence-electron chi connectivity index (χ1n) is 21.3. The number of hydrogen-bond acceptors (Lipinski definition) is 3. The quantitative estimate of drug-likeness (QED) is 0.259. The molecule has 6 saturated carbocycles. The van der Waals surface area contributed by atoms with E-state index < -0.39 is 0 Å². The standard InChI is InChI=1S/C42H75N3O/c1-4-42(2,3)41(46)43-34-24-30-40(31-25-34)45(37-18-12-7-13-19-37)39-28-22-33(23-29-39)32-20-26-38(27-21-32)44(35-14-8-5-9-15-35)36-16-10-6-11-17-36/h32-40H,4-31H2,1-3H3,(H,43,46). The van der Waals surface area contributed by atoms with Crippen LogP contribution >= 0.6 is 0 Å². The van der Waals surface area contributed by atoms with Gasteiger partial charge in [-0.2, -0.15) is 0 Å². The van der Waals surface area contributed by atoms with Gasteiger partial charge >= 0.3 is 0 Å². The molecule has 6 aliphatic carbocycles. The summed E-state index contributed by atoms with van der Waals surface area (Å²) in [5.41, 5.74) is -0.243. The van der Waals surface area contributed by atoms with Crippen LogP contribution in [0.2, 0.25) is 0 Å². The van der Waals surface area contributed by atoms with Crippen molar-refractivity contribution in [2.75, 3.05) is 0 Å². The minimum atomic E-state index is -0.243. The van der Waals surface area contributed by atoms with E-state index in [0.29, 0.717) is 6.04 Å². The maximum atomic E-state index is 12.9. The second-order valence-electron chi connectivity index (χ2n) is 18.1. The van der Waals surface area contributed by atoms with Crippen LogP contribution in [0.4, 0.5) is 0 Å². The Morgan fingerprint density at radius 3 is 1.11 bits per heavy atom. The SMILES string of the molecule is CCC(C)(C)C(=O)NC1CCC(N(C2CCCCC2)C2CCC(C3CCC(N(C4CCCCC4)C4CCCCC4)CC3)CC2)CC1. The third kappa shape index (κ3) is 8.75. The van der Waals surface area contributed by atoms with Crippen LogP contribution in [0, 0.1) is 17.3 Å². The van der Waals surface area contributed by atoms with Crippen molar-refractivity contribution in [1.82, 2.24) is 15.1 Å². The Bertz CT molecular complexity index is 874. The van der Waals surface area contributed by atoms with Gasteiger partial charge in [0.05, 0.1) is 0 Å². The van der Waals surface area contributed by atoms with Crippen LogP contribution in [0.5, 0.6) is 0 Å². The fourth-order valence-electron chi connectivity index (χ4n) is 11.7. The Labute approximate surface area is 285 Å². The van der Waals surface area contributed by atoms with Gasteiger partial charge < -0.3 is 5.32 Å². The number of carbonyl (C=O) groups is 1. The Balaban J connectivity index is 1.01. The molecule has 1 amide bonds. The Kier molecular flexibility index (Phi) is 12.9. The minimum absolute atomic E-state index is 0.243. The lowest BCUT2D eigenvalue weighted by atomic mass is 9.70. The second kappa shape index (κ2) is 16.9. The van der Waals surface area contributed by atoms with Gasteiger partial charge in [-0.25, -0.2) is 0 Å². The second-order valence-corrected chi connectivity index (χ2v) is 18.1. The van der Waals surface area contributed by atoms with Crippen LogP contribution in [0.3, 0.4) is 0 Å². The summed E-state index contributed by atoms with van der Waals surface area (Å²) in [7, 11) is 0. The molecule has 0 aromatic rings. The fourth-order valence-corrected chi connectivity index (χ4v) is 11.7. The molecule has 6 aliphatic rings. The number of nitrogens with one attached hydrogen (secondary N) is 1. The zero-order chi connectivity index (χ0) is 31.9. The molecule has 0 heterocycles. The molecule has 0 bridgehead atoms. The third-order valence-corrected chi connectivity index (χ3v) is 14.9. The van der Waals surface area contributed by atoms with Crippen molar-refractivity contribution in [2.24, 2.45) is 17.3 Å². The minimum Gasteiger partial charge on any atom is -0.353 e.